The zero-order valence-corrected chi connectivity index (χ0v) is 10.9. The number of rotatable bonds is 0. The number of benzene rings is 1. The van der Waals surface area contributed by atoms with Crippen LogP contribution in [0.4, 0.5) is 0 Å². The van der Waals surface area contributed by atoms with E-state index < -0.39 is 0 Å². The Morgan fingerprint density at radius 1 is 1.19 bits per heavy atom. The Bertz CT molecular complexity index is 413. The summed E-state index contributed by atoms with van der Waals surface area (Å²) in [5.41, 5.74) is 2.19. The standard InChI is InChI=1S/C14H19NS/c1-13(2)14(7-9-15-13)8-10-16-12-6-4-3-5-11(12)14/h3-6,15H,7-10H2,1-2H3. The molecule has 1 nitrogen and oxygen atoms in total. The minimum Gasteiger partial charge on any atom is -0.311 e. The molecule has 1 spiro atoms. The molecule has 0 aliphatic carbocycles. The monoisotopic (exact) mass is 233 g/mol. The first kappa shape index (κ1) is 10.7. The van der Waals surface area contributed by atoms with Gasteiger partial charge >= 0.3 is 0 Å². The third-order valence-corrected chi connectivity index (χ3v) is 5.58. The van der Waals surface area contributed by atoms with Crippen LogP contribution in [0, 0.1) is 0 Å². The van der Waals surface area contributed by atoms with E-state index in [1.807, 2.05) is 11.8 Å². The molecule has 1 atom stereocenters. The normalized spacial score (nSPS) is 31.6. The van der Waals surface area contributed by atoms with Gasteiger partial charge in [-0.3, -0.25) is 0 Å². The summed E-state index contributed by atoms with van der Waals surface area (Å²) in [6.45, 7) is 5.89. The average molecular weight is 233 g/mol. The van der Waals surface area contributed by atoms with Crippen molar-refractivity contribution in [3.63, 3.8) is 0 Å². The highest BCUT2D eigenvalue weighted by Gasteiger charge is 2.51. The van der Waals surface area contributed by atoms with E-state index in [-0.39, 0.29) is 5.54 Å². The molecule has 2 heteroatoms. The van der Waals surface area contributed by atoms with Gasteiger partial charge in [-0.25, -0.2) is 0 Å². The molecule has 0 radical (unpaired) electrons. The summed E-state index contributed by atoms with van der Waals surface area (Å²) in [4.78, 5) is 1.51. The molecule has 16 heavy (non-hydrogen) atoms. The Morgan fingerprint density at radius 3 is 2.75 bits per heavy atom. The lowest BCUT2D eigenvalue weighted by Gasteiger charge is -2.45. The fourth-order valence-electron chi connectivity index (χ4n) is 3.44. The maximum Gasteiger partial charge on any atom is 0.0222 e. The van der Waals surface area contributed by atoms with E-state index in [4.69, 9.17) is 0 Å². The second kappa shape index (κ2) is 3.51. The molecular formula is C14H19NS. The van der Waals surface area contributed by atoms with Crippen molar-refractivity contribution in [2.45, 2.75) is 42.5 Å². The molecular weight excluding hydrogens is 214 g/mol. The van der Waals surface area contributed by atoms with Gasteiger partial charge in [0, 0.05) is 15.8 Å². The maximum absolute atomic E-state index is 3.69. The van der Waals surface area contributed by atoms with Crippen LogP contribution in [0.3, 0.4) is 0 Å². The van der Waals surface area contributed by atoms with Gasteiger partial charge in [-0.1, -0.05) is 18.2 Å². The van der Waals surface area contributed by atoms with Gasteiger partial charge in [0.25, 0.3) is 0 Å². The molecule has 2 aliphatic heterocycles. The average Bonchev–Trinajstić information content (AvgIpc) is 2.56. The predicted molar refractivity (Wildman–Crippen MR) is 70.2 cm³/mol. The number of nitrogens with one attached hydrogen (secondary N) is 1. The SMILES string of the molecule is CC1(C)NCCC12CCSc1ccccc12. The smallest absolute Gasteiger partial charge is 0.0222 e. The minimum atomic E-state index is 0.240. The van der Waals surface area contributed by atoms with Crippen molar-refractivity contribution in [3.8, 4) is 0 Å². The summed E-state index contributed by atoms with van der Waals surface area (Å²) in [5, 5.41) is 3.69. The van der Waals surface area contributed by atoms with Crippen LogP contribution >= 0.6 is 11.8 Å². The molecule has 2 aliphatic rings. The fourth-order valence-corrected chi connectivity index (χ4v) is 4.70. The lowest BCUT2D eigenvalue weighted by molar-refractivity contribution is 0.258. The molecule has 3 rings (SSSR count). The van der Waals surface area contributed by atoms with Gasteiger partial charge in [0.15, 0.2) is 0 Å². The van der Waals surface area contributed by atoms with E-state index in [9.17, 15) is 0 Å². The molecule has 0 bridgehead atoms. The van der Waals surface area contributed by atoms with Crippen LogP contribution < -0.4 is 5.32 Å². The first-order chi connectivity index (χ1) is 7.66. The molecule has 0 aromatic heterocycles. The van der Waals surface area contributed by atoms with Crippen molar-refractivity contribution in [2.75, 3.05) is 12.3 Å². The number of hydrogen-bond acceptors (Lipinski definition) is 2. The summed E-state index contributed by atoms with van der Waals surface area (Å²) < 4.78 is 0. The van der Waals surface area contributed by atoms with Crippen molar-refractivity contribution < 1.29 is 0 Å². The van der Waals surface area contributed by atoms with E-state index in [0.29, 0.717) is 5.41 Å². The van der Waals surface area contributed by atoms with E-state index >= 15 is 0 Å². The predicted octanol–water partition coefficient (Wildman–Crippen LogP) is 3.19. The quantitative estimate of drug-likeness (QED) is 0.738. The Morgan fingerprint density at radius 2 is 2.00 bits per heavy atom. The fraction of sp³-hybridized carbons (Fsp3) is 0.571. The minimum absolute atomic E-state index is 0.240. The second-order valence-electron chi connectivity index (χ2n) is 5.48. The van der Waals surface area contributed by atoms with Gasteiger partial charge in [0.2, 0.25) is 0 Å². The van der Waals surface area contributed by atoms with Crippen LogP contribution in [0.15, 0.2) is 29.2 Å². The van der Waals surface area contributed by atoms with Gasteiger partial charge in [-0.05, 0) is 50.6 Å². The first-order valence-electron chi connectivity index (χ1n) is 6.13. The zero-order valence-electron chi connectivity index (χ0n) is 10.0. The molecule has 1 saturated heterocycles. The third kappa shape index (κ3) is 1.29. The highest BCUT2D eigenvalue weighted by atomic mass is 32.2. The Labute approximate surface area is 102 Å². The largest absolute Gasteiger partial charge is 0.311 e. The third-order valence-electron chi connectivity index (χ3n) is 4.50. The van der Waals surface area contributed by atoms with Crippen molar-refractivity contribution in [1.82, 2.24) is 5.32 Å². The van der Waals surface area contributed by atoms with Gasteiger partial charge < -0.3 is 5.32 Å². The van der Waals surface area contributed by atoms with Crippen LogP contribution in [0.1, 0.15) is 32.3 Å². The van der Waals surface area contributed by atoms with E-state index in [0.717, 1.165) is 6.54 Å². The molecule has 1 aromatic carbocycles. The molecule has 1 N–H and O–H groups in total. The lowest BCUT2D eigenvalue weighted by atomic mass is 9.65. The van der Waals surface area contributed by atoms with Crippen LogP contribution in [0.2, 0.25) is 0 Å². The van der Waals surface area contributed by atoms with Crippen molar-refractivity contribution in [2.24, 2.45) is 0 Å². The van der Waals surface area contributed by atoms with Gasteiger partial charge in [-0.2, -0.15) is 0 Å². The van der Waals surface area contributed by atoms with Crippen molar-refractivity contribution >= 4 is 11.8 Å². The Balaban J connectivity index is 2.17. The summed E-state index contributed by atoms with van der Waals surface area (Å²) in [6.07, 6.45) is 2.60. The summed E-state index contributed by atoms with van der Waals surface area (Å²) in [6, 6.07) is 8.99. The molecule has 2 heterocycles. The number of thioether (sulfide) groups is 1. The summed E-state index contributed by atoms with van der Waals surface area (Å²) in [7, 11) is 0. The first-order valence-corrected chi connectivity index (χ1v) is 7.12. The van der Waals surface area contributed by atoms with Crippen molar-refractivity contribution in [1.29, 1.82) is 0 Å². The highest BCUT2D eigenvalue weighted by molar-refractivity contribution is 7.99. The molecule has 0 amide bonds. The Hall–Kier alpha value is -0.470. The van der Waals surface area contributed by atoms with E-state index in [1.54, 1.807) is 5.56 Å². The molecule has 0 saturated carbocycles. The number of hydrogen-bond donors (Lipinski definition) is 1. The van der Waals surface area contributed by atoms with Gasteiger partial charge in [-0.15, -0.1) is 11.8 Å². The van der Waals surface area contributed by atoms with Crippen LogP contribution in [0.5, 0.6) is 0 Å². The molecule has 1 unspecified atom stereocenters. The molecule has 1 aromatic rings. The van der Waals surface area contributed by atoms with Gasteiger partial charge in [0.05, 0.1) is 0 Å². The van der Waals surface area contributed by atoms with Crippen molar-refractivity contribution in [3.05, 3.63) is 29.8 Å². The summed E-state index contributed by atoms with van der Waals surface area (Å²) >= 11 is 2.02. The van der Waals surface area contributed by atoms with Crippen LogP contribution in [-0.4, -0.2) is 17.8 Å². The zero-order chi connectivity index (χ0) is 11.2. The highest BCUT2D eigenvalue weighted by Crippen LogP contribution is 2.51. The van der Waals surface area contributed by atoms with E-state index in [2.05, 4.69) is 43.4 Å². The molecule has 1 fully saturated rings. The topological polar surface area (TPSA) is 12.0 Å². The number of fused-ring (bicyclic) bond motifs is 2. The van der Waals surface area contributed by atoms with E-state index in [1.165, 1.54) is 23.5 Å². The van der Waals surface area contributed by atoms with Crippen LogP contribution in [-0.2, 0) is 5.41 Å². The lowest BCUT2D eigenvalue weighted by Crippen LogP contribution is -2.51. The second-order valence-corrected chi connectivity index (χ2v) is 6.62. The Kier molecular flexibility index (Phi) is 2.34. The summed E-state index contributed by atoms with van der Waals surface area (Å²) in [5.74, 6) is 1.27. The van der Waals surface area contributed by atoms with Gasteiger partial charge in [0.1, 0.15) is 0 Å². The molecule has 86 valence electrons. The maximum atomic E-state index is 3.69. The van der Waals surface area contributed by atoms with Crippen LogP contribution in [0.25, 0.3) is 0 Å².